The first-order chi connectivity index (χ1) is 9.05. The Hall–Kier alpha value is -1.02. The van der Waals surface area contributed by atoms with Gasteiger partial charge in [0.15, 0.2) is 0 Å². The largest absolute Gasteiger partial charge is 0.493 e. The molecule has 0 radical (unpaired) electrons. The predicted octanol–water partition coefficient (Wildman–Crippen LogP) is 2.43. The molecule has 0 bridgehead atoms. The maximum Gasteiger partial charge on any atom is 0.119 e. The van der Waals surface area contributed by atoms with Crippen molar-refractivity contribution in [3.63, 3.8) is 0 Å². The van der Waals surface area contributed by atoms with Crippen molar-refractivity contribution in [1.29, 1.82) is 0 Å². The molecule has 0 aliphatic carbocycles. The highest BCUT2D eigenvalue weighted by Gasteiger charge is 2.14. The highest BCUT2D eigenvalue weighted by molar-refractivity contribution is 5.31. The number of rotatable bonds is 5. The molecule has 2 rings (SSSR count). The summed E-state index contributed by atoms with van der Waals surface area (Å²) in [6, 6.07) is 8.56. The van der Waals surface area contributed by atoms with Crippen molar-refractivity contribution < 1.29 is 9.64 Å². The lowest BCUT2D eigenvalue weighted by molar-refractivity contribution is -0.887. The first-order valence-electron chi connectivity index (χ1n) is 7.62. The minimum Gasteiger partial charge on any atom is -0.493 e. The summed E-state index contributed by atoms with van der Waals surface area (Å²) in [6.45, 7) is 11.5. The Balaban J connectivity index is 1.71. The number of hydrogen-bond donors (Lipinski definition) is 1. The van der Waals surface area contributed by atoms with Crippen molar-refractivity contribution in [2.45, 2.75) is 45.4 Å². The lowest BCUT2D eigenvalue weighted by Crippen LogP contribution is -3.10. The molecule has 1 aromatic rings. The molecule has 1 aliphatic heterocycles. The van der Waals surface area contributed by atoms with Gasteiger partial charge in [-0.1, -0.05) is 32.9 Å². The van der Waals surface area contributed by atoms with Gasteiger partial charge in [-0.05, 0) is 23.1 Å². The van der Waals surface area contributed by atoms with Gasteiger partial charge >= 0.3 is 0 Å². The predicted molar refractivity (Wildman–Crippen MR) is 80.1 cm³/mol. The molecular formula is C17H28NO+. The summed E-state index contributed by atoms with van der Waals surface area (Å²) in [6.07, 6.45) is 3.98. The minimum absolute atomic E-state index is 0.220. The van der Waals surface area contributed by atoms with E-state index >= 15 is 0 Å². The normalized spacial score (nSPS) is 16.8. The van der Waals surface area contributed by atoms with E-state index in [0.717, 1.165) is 18.8 Å². The van der Waals surface area contributed by atoms with Crippen LogP contribution in [0.1, 0.15) is 45.6 Å². The molecule has 0 spiro atoms. The van der Waals surface area contributed by atoms with E-state index in [2.05, 4.69) is 45.0 Å². The second kappa shape index (κ2) is 6.42. The zero-order valence-electron chi connectivity index (χ0n) is 12.7. The third kappa shape index (κ3) is 4.54. The Morgan fingerprint density at radius 3 is 2.26 bits per heavy atom. The molecule has 0 atom stereocenters. The van der Waals surface area contributed by atoms with Gasteiger partial charge in [-0.2, -0.15) is 0 Å². The smallest absolute Gasteiger partial charge is 0.119 e. The zero-order valence-corrected chi connectivity index (χ0v) is 12.7. The fourth-order valence-electron chi connectivity index (χ4n) is 2.69. The summed E-state index contributed by atoms with van der Waals surface area (Å²) in [5.74, 6) is 1.00. The lowest BCUT2D eigenvalue weighted by Gasteiger charge is -2.19. The van der Waals surface area contributed by atoms with Gasteiger partial charge in [-0.25, -0.2) is 0 Å². The zero-order chi connectivity index (χ0) is 13.7. The fourth-order valence-corrected chi connectivity index (χ4v) is 2.69. The van der Waals surface area contributed by atoms with E-state index in [0.29, 0.717) is 0 Å². The van der Waals surface area contributed by atoms with Crippen molar-refractivity contribution in [1.82, 2.24) is 0 Å². The fraction of sp³-hybridized carbons (Fsp3) is 0.647. The standard InChI is InChI=1S/C17H27NO/c1-17(2,3)15-7-9-16(10-8-15)19-14-6-13-18-11-4-5-12-18/h7-10H,4-6,11-14H2,1-3H3/p+1. The monoisotopic (exact) mass is 262 g/mol. The molecule has 0 amide bonds. The molecule has 2 heteroatoms. The second-order valence-corrected chi connectivity index (χ2v) is 6.68. The van der Waals surface area contributed by atoms with Crippen molar-refractivity contribution in [3.05, 3.63) is 29.8 Å². The Kier molecular flexibility index (Phi) is 4.87. The molecule has 0 aromatic heterocycles. The van der Waals surface area contributed by atoms with Crippen molar-refractivity contribution in [2.75, 3.05) is 26.2 Å². The number of ether oxygens (including phenoxy) is 1. The van der Waals surface area contributed by atoms with E-state index in [1.807, 2.05) is 0 Å². The van der Waals surface area contributed by atoms with Gasteiger partial charge in [-0.15, -0.1) is 0 Å². The summed E-state index contributed by atoms with van der Waals surface area (Å²) in [7, 11) is 0. The number of nitrogens with one attached hydrogen (secondary N) is 1. The van der Waals surface area contributed by atoms with Crippen molar-refractivity contribution in [2.24, 2.45) is 0 Å². The van der Waals surface area contributed by atoms with Crippen molar-refractivity contribution in [3.8, 4) is 5.75 Å². The maximum absolute atomic E-state index is 5.82. The van der Waals surface area contributed by atoms with Gasteiger partial charge in [0.05, 0.1) is 26.2 Å². The lowest BCUT2D eigenvalue weighted by atomic mass is 9.87. The molecule has 0 saturated carbocycles. The van der Waals surface area contributed by atoms with Gasteiger partial charge in [-0.3, -0.25) is 0 Å². The van der Waals surface area contributed by atoms with Gasteiger partial charge in [0.2, 0.25) is 0 Å². The number of likely N-dealkylation sites (tertiary alicyclic amines) is 1. The third-order valence-corrected chi connectivity index (χ3v) is 3.97. The summed E-state index contributed by atoms with van der Waals surface area (Å²) in [5, 5.41) is 0. The van der Waals surface area contributed by atoms with E-state index < -0.39 is 0 Å². The molecule has 1 heterocycles. The van der Waals surface area contributed by atoms with E-state index in [9.17, 15) is 0 Å². The van der Waals surface area contributed by atoms with Crippen LogP contribution < -0.4 is 9.64 Å². The first kappa shape index (κ1) is 14.4. The Morgan fingerprint density at radius 1 is 1.05 bits per heavy atom. The molecular weight excluding hydrogens is 234 g/mol. The molecule has 1 fully saturated rings. The van der Waals surface area contributed by atoms with Gasteiger partial charge in [0.25, 0.3) is 0 Å². The Labute approximate surface area is 117 Å². The Morgan fingerprint density at radius 2 is 1.68 bits per heavy atom. The van der Waals surface area contributed by atoms with E-state index in [4.69, 9.17) is 4.74 Å². The second-order valence-electron chi connectivity index (χ2n) is 6.68. The van der Waals surface area contributed by atoms with Crippen LogP contribution in [0.2, 0.25) is 0 Å². The van der Waals surface area contributed by atoms with Gasteiger partial charge in [0.1, 0.15) is 5.75 Å². The van der Waals surface area contributed by atoms with Crippen LogP contribution in [0.3, 0.4) is 0 Å². The molecule has 1 aliphatic rings. The Bertz CT molecular complexity index is 371. The quantitative estimate of drug-likeness (QED) is 0.805. The molecule has 0 unspecified atom stereocenters. The SMILES string of the molecule is CC(C)(C)c1ccc(OCCC[NH+]2CCCC2)cc1. The van der Waals surface area contributed by atoms with Crippen LogP contribution in [0.25, 0.3) is 0 Å². The number of quaternary nitrogens is 1. The molecule has 1 N–H and O–H groups in total. The molecule has 106 valence electrons. The third-order valence-electron chi connectivity index (χ3n) is 3.97. The van der Waals surface area contributed by atoms with E-state index in [-0.39, 0.29) is 5.41 Å². The van der Waals surface area contributed by atoms with Crippen LogP contribution in [-0.2, 0) is 5.41 Å². The summed E-state index contributed by atoms with van der Waals surface area (Å²) < 4.78 is 5.82. The molecule has 19 heavy (non-hydrogen) atoms. The van der Waals surface area contributed by atoms with Crippen LogP contribution in [0.5, 0.6) is 5.75 Å². The summed E-state index contributed by atoms with van der Waals surface area (Å²) in [4.78, 5) is 1.76. The number of benzene rings is 1. The molecule has 1 aromatic carbocycles. The van der Waals surface area contributed by atoms with Crippen LogP contribution >= 0.6 is 0 Å². The highest BCUT2D eigenvalue weighted by atomic mass is 16.5. The van der Waals surface area contributed by atoms with Crippen LogP contribution in [0, 0.1) is 0 Å². The molecule has 2 nitrogen and oxygen atoms in total. The average Bonchev–Trinajstić information content (AvgIpc) is 2.87. The number of hydrogen-bond acceptors (Lipinski definition) is 1. The minimum atomic E-state index is 0.220. The average molecular weight is 262 g/mol. The van der Waals surface area contributed by atoms with Crippen LogP contribution in [-0.4, -0.2) is 26.2 Å². The van der Waals surface area contributed by atoms with Gasteiger partial charge < -0.3 is 9.64 Å². The summed E-state index contributed by atoms with van der Waals surface area (Å²) >= 11 is 0. The van der Waals surface area contributed by atoms with Crippen LogP contribution in [0.4, 0.5) is 0 Å². The first-order valence-corrected chi connectivity index (χ1v) is 7.62. The maximum atomic E-state index is 5.82. The highest BCUT2D eigenvalue weighted by Crippen LogP contribution is 2.24. The van der Waals surface area contributed by atoms with Crippen LogP contribution in [0.15, 0.2) is 24.3 Å². The van der Waals surface area contributed by atoms with Crippen molar-refractivity contribution >= 4 is 0 Å². The van der Waals surface area contributed by atoms with E-state index in [1.165, 1.54) is 38.0 Å². The van der Waals surface area contributed by atoms with E-state index in [1.54, 1.807) is 4.90 Å². The van der Waals surface area contributed by atoms with Gasteiger partial charge in [0, 0.05) is 19.3 Å². The summed E-state index contributed by atoms with van der Waals surface area (Å²) in [5.41, 5.74) is 1.58. The molecule has 1 saturated heterocycles. The topological polar surface area (TPSA) is 13.7 Å².